The van der Waals surface area contributed by atoms with E-state index in [0.29, 0.717) is 16.8 Å². The summed E-state index contributed by atoms with van der Waals surface area (Å²) in [5, 5.41) is 8.01. The molecule has 2 aromatic rings. The van der Waals surface area contributed by atoms with Gasteiger partial charge < -0.3 is 10.6 Å². The molecule has 0 saturated heterocycles. The van der Waals surface area contributed by atoms with Gasteiger partial charge in [-0.3, -0.25) is 4.79 Å². The topological polar surface area (TPSA) is 79.8 Å². The van der Waals surface area contributed by atoms with Crippen molar-refractivity contribution in [3.05, 3.63) is 29.5 Å². The molecule has 0 aliphatic rings. The van der Waals surface area contributed by atoms with Crippen LogP contribution in [0.5, 0.6) is 0 Å². The van der Waals surface area contributed by atoms with E-state index in [4.69, 9.17) is 0 Å². The first-order valence-corrected chi connectivity index (χ1v) is 6.33. The third-order valence-corrected chi connectivity index (χ3v) is 2.70. The van der Waals surface area contributed by atoms with Gasteiger partial charge in [0.2, 0.25) is 5.95 Å². The van der Waals surface area contributed by atoms with Crippen LogP contribution in [-0.2, 0) is 0 Å². The lowest BCUT2D eigenvalue weighted by Crippen LogP contribution is -2.30. The number of anilines is 2. The minimum Gasteiger partial charge on any atom is -0.349 e. The average Bonchev–Trinajstić information content (AvgIpc) is 2.78. The molecule has 0 aliphatic heterocycles. The second-order valence-electron chi connectivity index (χ2n) is 3.86. The summed E-state index contributed by atoms with van der Waals surface area (Å²) in [4.78, 5) is 23.9. The summed E-state index contributed by atoms with van der Waals surface area (Å²) >= 11 is 1.34. The average molecular weight is 263 g/mol. The summed E-state index contributed by atoms with van der Waals surface area (Å²) in [6, 6.07) is 1.82. The number of carbonyl (C=O) groups is 1. The van der Waals surface area contributed by atoms with Gasteiger partial charge in [0.05, 0.1) is 0 Å². The zero-order valence-electron chi connectivity index (χ0n) is 10.0. The summed E-state index contributed by atoms with van der Waals surface area (Å²) in [5.74, 6) is 0.283. The van der Waals surface area contributed by atoms with Gasteiger partial charge >= 0.3 is 0 Å². The summed E-state index contributed by atoms with van der Waals surface area (Å²) < 4.78 is 0. The van der Waals surface area contributed by atoms with Crippen LogP contribution in [0, 0.1) is 0 Å². The molecule has 2 heterocycles. The number of nitrogens with zero attached hydrogens (tertiary/aromatic N) is 3. The third-order valence-electron chi connectivity index (χ3n) is 1.94. The molecule has 94 valence electrons. The van der Waals surface area contributed by atoms with Crippen LogP contribution in [-0.4, -0.2) is 26.9 Å². The maximum Gasteiger partial charge on any atom is 0.271 e. The zero-order valence-corrected chi connectivity index (χ0v) is 10.9. The van der Waals surface area contributed by atoms with Crippen LogP contribution in [0.25, 0.3) is 0 Å². The van der Waals surface area contributed by atoms with Gasteiger partial charge in [-0.25, -0.2) is 15.0 Å². The van der Waals surface area contributed by atoms with Gasteiger partial charge in [0.1, 0.15) is 5.69 Å². The fourth-order valence-electron chi connectivity index (χ4n) is 1.23. The molecule has 0 aliphatic carbocycles. The SMILES string of the molecule is CC(C)NC(=O)c1csc(Nc2ncccn2)n1. The molecule has 6 nitrogen and oxygen atoms in total. The predicted octanol–water partition coefficient (Wildman–Crippen LogP) is 1.81. The van der Waals surface area contributed by atoms with E-state index in [1.807, 2.05) is 13.8 Å². The molecule has 0 radical (unpaired) electrons. The quantitative estimate of drug-likeness (QED) is 0.879. The van der Waals surface area contributed by atoms with Crippen molar-refractivity contribution in [2.75, 3.05) is 5.32 Å². The standard InChI is InChI=1S/C11H13N5OS/c1-7(2)14-9(17)8-6-18-11(15-8)16-10-12-4-3-5-13-10/h3-7H,1-2H3,(H,14,17)(H,12,13,15,16). The minimum absolute atomic E-state index is 0.0908. The van der Waals surface area contributed by atoms with Gasteiger partial charge in [-0.15, -0.1) is 11.3 Å². The van der Waals surface area contributed by atoms with Crippen molar-refractivity contribution < 1.29 is 4.79 Å². The Balaban J connectivity index is 2.04. The summed E-state index contributed by atoms with van der Waals surface area (Å²) in [6.07, 6.45) is 3.27. The Morgan fingerprint density at radius 2 is 2.06 bits per heavy atom. The highest BCUT2D eigenvalue weighted by Gasteiger charge is 2.11. The summed E-state index contributed by atoms with van der Waals surface area (Å²) in [6.45, 7) is 3.81. The van der Waals surface area contributed by atoms with Crippen LogP contribution in [0.4, 0.5) is 11.1 Å². The first-order chi connectivity index (χ1) is 8.65. The molecule has 2 N–H and O–H groups in total. The van der Waals surface area contributed by atoms with E-state index in [2.05, 4.69) is 25.6 Å². The maximum absolute atomic E-state index is 11.7. The van der Waals surface area contributed by atoms with E-state index in [1.165, 1.54) is 11.3 Å². The molecule has 0 fully saturated rings. The highest BCUT2D eigenvalue weighted by molar-refractivity contribution is 7.14. The van der Waals surface area contributed by atoms with Crippen LogP contribution < -0.4 is 10.6 Å². The lowest BCUT2D eigenvalue weighted by atomic mass is 10.3. The number of carbonyl (C=O) groups excluding carboxylic acids is 1. The van der Waals surface area contributed by atoms with Gasteiger partial charge in [0, 0.05) is 23.8 Å². The molecule has 0 spiro atoms. The molecule has 1 amide bonds. The van der Waals surface area contributed by atoms with Crippen molar-refractivity contribution in [2.45, 2.75) is 19.9 Å². The monoisotopic (exact) mass is 263 g/mol. The number of amides is 1. The highest BCUT2D eigenvalue weighted by atomic mass is 32.1. The minimum atomic E-state index is -0.178. The molecule has 0 atom stereocenters. The Labute approximate surface area is 109 Å². The molecule has 2 aromatic heterocycles. The summed E-state index contributed by atoms with van der Waals surface area (Å²) in [5.41, 5.74) is 0.395. The lowest BCUT2D eigenvalue weighted by molar-refractivity contribution is 0.0939. The number of aromatic nitrogens is 3. The number of rotatable bonds is 4. The zero-order chi connectivity index (χ0) is 13.0. The second-order valence-corrected chi connectivity index (χ2v) is 4.72. The molecule has 2 rings (SSSR count). The fourth-order valence-corrected chi connectivity index (χ4v) is 1.92. The Hall–Kier alpha value is -2.02. The fraction of sp³-hybridized carbons (Fsp3) is 0.273. The van der Waals surface area contributed by atoms with Crippen molar-refractivity contribution in [1.82, 2.24) is 20.3 Å². The normalized spacial score (nSPS) is 10.4. The smallest absolute Gasteiger partial charge is 0.271 e. The van der Waals surface area contributed by atoms with Gasteiger partial charge in [-0.05, 0) is 19.9 Å². The first-order valence-electron chi connectivity index (χ1n) is 5.45. The van der Waals surface area contributed by atoms with Crippen LogP contribution in [0.3, 0.4) is 0 Å². The molecular weight excluding hydrogens is 250 g/mol. The van der Waals surface area contributed by atoms with Crippen molar-refractivity contribution in [3.8, 4) is 0 Å². The first kappa shape index (κ1) is 12.4. The van der Waals surface area contributed by atoms with Gasteiger partial charge in [0.15, 0.2) is 5.13 Å². The lowest BCUT2D eigenvalue weighted by Gasteiger charge is -2.05. The van der Waals surface area contributed by atoms with Crippen molar-refractivity contribution >= 4 is 28.3 Å². The number of thiazole rings is 1. The molecule has 0 bridgehead atoms. The van der Waals surface area contributed by atoms with E-state index >= 15 is 0 Å². The van der Waals surface area contributed by atoms with E-state index in [9.17, 15) is 4.79 Å². The second kappa shape index (κ2) is 5.54. The van der Waals surface area contributed by atoms with E-state index in [-0.39, 0.29) is 11.9 Å². The van der Waals surface area contributed by atoms with Crippen LogP contribution in [0.15, 0.2) is 23.8 Å². The van der Waals surface area contributed by atoms with Crippen LogP contribution in [0.2, 0.25) is 0 Å². The number of nitrogens with one attached hydrogen (secondary N) is 2. The Bertz CT molecular complexity index is 525. The molecule has 0 unspecified atom stereocenters. The molecule has 0 aromatic carbocycles. The van der Waals surface area contributed by atoms with Gasteiger partial charge in [-0.2, -0.15) is 0 Å². The predicted molar refractivity (Wildman–Crippen MR) is 70.0 cm³/mol. The Kier molecular flexibility index (Phi) is 3.83. The van der Waals surface area contributed by atoms with Gasteiger partial charge in [0.25, 0.3) is 5.91 Å². The van der Waals surface area contributed by atoms with E-state index in [1.54, 1.807) is 23.8 Å². The van der Waals surface area contributed by atoms with Crippen molar-refractivity contribution in [3.63, 3.8) is 0 Å². The Morgan fingerprint density at radius 1 is 1.33 bits per heavy atom. The molecule has 0 saturated carbocycles. The van der Waals surface area contributed by atoms with Crippen molar-refractivity contribution in [2.24, 2.45) is 0 Å². The molecular formula is C11H13N5OS. The number of hydrogen-bond donors (Lipinski definition) is 2. The number of hydrogen-bond acceptors (Lipinski definition) is 6. The van der Waals surface area contributed by atoms with E-state index in [0.717, 1.165) is 0 Å². The van der Waals surface area contributed by atoms with Crippen molar-refractivity contribution in [1.29, 1.82) is 0 Å². The Morgan fingerprint density at radius 3 is 2.72 bits per heavy atom. The van der Waals surface area contributed by atoms with Crippen LogP contribution >= 0.6 is 11.3 Å². The van der Waals surface area contributed by atoms with E-state index < -0.39 is 0 Å². The maximum atomic E-state index is 11.7. The molecule has 7 heteroatoms. The third kappa shape index (κ3) is 3.24. The highest BCUT2D eigenvalue weighted by Crippen LogP contribution is 2.18. The van der Waals surface area contributed by atoms with Gasteiger partial charge in [-0.1, -0.05) is 0 Å². The molecule has 18 heavy (non-hydrogen) atoms. The largest absolute Gasteiger partial charge is 0.349 e. The summed E-state index contributed by atoms with van der Waals surface area (Å²) in [7, 11) is 0. The van der Waals surface area contributed by atoms with Crippen LogP contribution in [0.1, 0.15) is 24.3 Å².